The molecule has 0 aromatic heterocycles. The highest BCUT2D eigenvalue weighted by molar-refractivity contribution is 5.96. The zero-order chi connectivity index (χ0) is 28.4. The van der Waals surface area contributed by atoms with Gasteiger partial charge in [-0.05, 0) is 125 Å². The van der Waals surface area contributed by atoms with E-state index in [2.05, 4.69) is 43.6 Å². The highest BCUT2D eigenvalue weighted by Crippen LogP contribution is 2.71. The molecule has 6 rings (SSSR count). The van der Waals surface area contributed by atoms with Crippen molar-refractivity contribution in [3.05, 3.63) is 0 Å². The Hall–Kier alpha value is -1.18. The van der Waals surface area contributed by atoms with Crippen LogP contribution in [0.25, 0.3) is 0 Å². The minimum atomic E-state index is -0.197. The van der Waals surface area contributed by atoms with E-state index in [0.717, 1.165) is 43.1 Å². The molecule has 2 amide bonds. The number of rotatable bonds is 5. The van der Waals surface area contributed by atoms with Crippen LogP contribution in [0.1, 0.15) is 98.3 Å². The maximum atomic E-state index is 12.6. The highest BCUT2D eigenvalue weighted by Gasteiger charge is 2.68. The van der Waals surface area contributed by atoms with Crippen molar-refractivity contribution in [3.8, 4) is 0 Å². The van der Waals surface area contributed by atoms with Gasteiger partial charge >= 0.3 is 0 Å². The number of nitrogens with zero attached hydrogens (tertiary/aromatic N) is 1. The van der Waals surface area contributed by atoms with Crippen molar-refractivity contribution < 1.29 is 14.3 Å². The molecule has 0 radical (unpaired) electrons. The monoisotopic (exact) mass is 556 g/mol. The molecule has 4 aliphatic carbocycles. The molecule has 0 aromatic carbocycles. The lowest BCUT2D eigenvalue weighted by Crippen LogP contribution is -2.58. The number of carbonyl (C=O) groups excluding carboxylic acids is 2. The molecule has 2 aliphatic heterocycles. The Balaban J connectivity index is 1.08. The molecule has 2 heterocycles. The Morgan fingerprint density at radius 3 is 2.42 bits per heavy atom. The topological polar surface area (TPSA) is 82.7 Å². The first-order valence-corrected chi connectivity index (χ1v) is 16.6. The lowest BCUT2D eigenvalue weighted by atomic mass is 9.44. The van der Waals surface area contributed by atoms with Gasteiger partial charge in [-0.3, -0.25) is 19.8 Å². The van der Waals surface area contributed by atoms with Crippen LogP contribution in [0, 0.1) is 52.3 Å². The molecule has 1 spiro atoms. The molecule has 6 aliphatic rings. The lowest BCUT2D eigenvalue weighted by Gasteiger charge is -2.61. The van der Waals surface area contributed by atoms with E-state index in [1.54, 1.807) is 0 Å². The van der Waals surface area contributed by atoms with E-state index in [1.807, 2.05) is 19.0 Å². The zero-order valence-corrected chi connectivity index (χ0v) is 26.1. The number of hydrogen-bond donors (Lipinski definition) is 3. The summed E-state index contributed by atoms with van der Waals surface area (Å²) in [6, 6.07) is 0.208. The Morgan fingerprint density at radius 1 is 0.925 bits per heavy atom. The van der Waals surface area contributed by atoms with E-state index < -0.39 is 0 Å². The second-order valence-electron chi connectivity index (χ2n) is 15.9. The van der Waals surface area contributed by atoms with Gasteiger partial charge in [-0.2, -0.15) is 0 Å². The number of ether oxygens (including phenoxy) is 1. The van der Waals surface area contributed by atoms with Crippen LogP contribution in [-0.4, -0.2) is 61.9 Å². The fourth-order valence-electron chi connectivity index (χ4n) is 11.3. The van der Waals surface area contributed by atoms with E-state index in [0.29, 0.717) is 41.4 Å². The second-order valence-corrected chi connectivity index (χ2v) is 15.9. The summed E-state index contributed by atoms with van der Waals surface area (Å²) in [5.74, 6) is 4.80. The number of piperidine rings is 1. The first kappa shape index (κ1) is 28.9. The Morgan fingerprint density at radius 2 is 1.70 bits per heavy atom. The number of fused-ring (bicyclic) bond motifs is 7. The normalized spacial score (nSPS) is 49.6. The van der Waals surface area contributed by atoms with Crippen LogP contribution in [0.3, 0.4) is 0 Å². The average Bonchev–Trinajstić information content (AvgIpc) is 3.34. The van der Waals surface area contributed by atoms with E-state index in [-0.39, 0.29) is 30.0 Å². The third-order valence-electron chi connectivity index (χ3n) is 13.4. The van der Waals surface area contributed by atoms with Crippen LogP contribution in [0.5, 0.6) is 0 Å². The van der Waals surface area contributed by atoms with Gasteiger partial charge in [-0.25, -0.2) is 0 Å². The molecule has 6 fully saturated rings. The largest absolute Gasteiger partial charge is 0.357 e. The van der Waals surface area contributed by atoms with Gasteiger partial charge in [0, 0.05) is 18.5 Å². The fourth-order valence-corrected chi connectivity index (χ4v) is 11.3. The van der Waals surface area contributed by atoms with Gasteiger partial charge < -0.3 is 15.4 Å². The SMILES string of the molecule is C[C@@H]1CC[C@@]2(NC1)O[C@H]1C[C@H]3[C@@H]4CC[C@@H]5C[C@@H](NC(=O)CC(=O)NCN(C)C)CC[C@]5(C)[C@H]4CC[C@]3(C)[C@H]1[C@@H]2C. The van der Waals surface area contributed by atoms with Gasteiger partial charge in [0.2, 0.25) is 11.8 Å². The molecule has 2 saturated heterocycles. The minimum absolute atomic E-state index is 0.0735. The quantitative estimate of drug-likeness (QED) is 0.343. The van der Waals surface area contributed by atoms with Crippen molar-refractivity contribution in [2.24, 2.45) is 52.3 Å². The summed E-state index contributed by atoms with van der Waals surface area (Å²) < 4.78 is 7.07. The van der Waals surface area contributed by atoms with Gasteiger partial charge in [0.15, 0.2) is 0 Å². The van der Waals surface area contributed by atoms with E-state index in [9.17, 15) is 9.59 Å². The van der Waals surface area contributed by atoms with Crippen LogP contribution in [0.2, 0.25) is 0 Å². The summed E-state index contributed by atoms with van der Waals surface area (Å²) in [4.78, 5) is 26.7. The third-order valence-corrected chi connectivity index (χ3v) is 13.4. The molecule has 7 nitrogen and oxygen atoms in total. The number of amides is 2. The molecular formula is C33H56N4O3. The van der Waals surface area contributed by atoms with Crippen molar-refractivity contribution in [2.45, 2.75) is 116 Å². The molecule has 12 atom stereocenters. The highest BCUT2D eigenvalue weighted by atomic mass is 16.5. The zero-order valence-electron chi connectivity index (χ0n) is 26.1. The molecule has 40 heavy (non-hydrogen) atoms. The molecular weight excluding hydrogens is 500 g/mol. The maximum absolute atomic E-state index is 12.6. The number of carbonyl (C=O) groups is 2. The van der Waals surface area contributed by atoms with Crippen LogP contribution < -0.4 is 16.0 Å². The first-order valence-electron chi connectivity index (χ1n) is 16.6. The lowest BCUT2D eigenvalue weighted by molar-refractivity contribution is -0.137. The summed E-state index contributed by atoms with van der Waals surface area (Å²) >= 11 is 0. The molecule has 0 bridgehead atoms. The predicted octanol–water partition coefficient (Wildman–Crippen LogP) is 4.52. The van der Waals surface area contributed by atoms with Crippen molar-refractivity contribution in [3.63, 3.8) is 0 Å². The summed E-state index contributed by atoms with van der Waals surface area (Å²) in [7, 11) is 3.80. The maximum Gasteiger partial charge on any atom is 0.230 e. The fraction of sp³-hybridized carbons (Fsp3) is 0.939. The summed E-state index contributed by atoms with van der Waals surface area (Å²) in [6.07, 6.45) is 12.7. The minimum Gasteiger partial charge on any atom is -0.357 e. The summed E-state index contributed by atoms with van der Waals surface area (Å²) in [5, 5.41) is 9.93. The van der Waals surface area contributed by atoms with Crippen LogP contribution in [0.15, 0.2) is 0 Å². The second kappa shape index (κ2) is 10.5. The van der Waals surface area contributed by atoms with Gasteiger partial charge in [0.25, 0.3) is 0 Å². The van der Waals surface area contributed by atoms with Gasteiger partial charge in [0.1, 0.15) is 12.1 Å². The van der Waals surface area contributed by atoms with E-state index in [1.165, 1.54) is 51.4 Å². The van der Waals surface area contributed by atoms with Crippen molar-refractivity contribution >= 4 is 11.8 Å². The third kappa shape index (κ3) is 4.74. The van der Waals surface area contributed by atoms with Crippen LogP contribution in [-0.2, 0) is 14.3 Å². The number of hydrogen-bond acceptors (Lipinski definition) is 5. The first-order chi connectivity index (χ1) is 18.9. The molecule has 7 heteroatoms. The molecule has 3 N–H and O–H groups in total. The summed E-state index contributed by atoms with van der Waals surface area (Å²) in [5.41, 5.74) is 0.703. The average molecular weight is 557 g/mol. The Bertz CT molecular complexity index is 979. The van der Waals surface area contributed by atoms with E-state index >= 15 is 0 Å². The standard InChI is InChI=1S/C33H56N4O3/c1-20-9-14-33(35-18-20)21(2)30-27(40-33)16-26-24-8-7-22-15-23(36-29(39)17-28(38)34-19-37(5)6)10-12-31(22,3)25(24)11-13-32(26,30)4/h20-27,30,35H,7-19H2,1-6H3,(H,34,38)(H,36,39)/t20-,21+,22-,23+,24-,25+,26+,27+,30+,31+,32+,33-/m1/s1. The van der Waals surface area contributed by atoms with Gasteiger partial charge in [-0.15, -0.1) is 0 Å². The van der Waals surface area contributed by atoms with Crippen LogP contribution in [0.4, 0.5) is 0 Å². The van der Waals surface area contributed by atoms with Crippen molar-refractivity contribution in [2.75, 3.05) is 27.3 Å². The molecule has 226 valence electrons. The Kier molecular flexibility index (Phi) is 7.60. The molecule has 4 saturated carbocycles. The van der Waals surface area contributed by atoms with E-state index in [4.69, 9.17) is 4.74 Å². The Labute approximate surface area is 242 Å². The van der Waals surface area contributed by atoms with Gasteiger partial charge in [-0.1, -0.05) is 27.7 Å². The molecule has 0 aromatic rings. The van der Waals surface area contributed by atoms with Crippen molar-refractivity contribution in [1.82, 2.24) is 20.9 Å². The van der Waals surface area contributed by atoms with Crippen molar-refractivity contribution in [1.29, 1.82) is 0 Å². The predicted molar refractivity (Wildman–Crippen MR) is 157 cm³/mol. The number of nitrogens with one attached hydrogen (secondary N) is 3. The summed E-state index contributed by atoms with van der Waals surface area (Å²) in [6.45, 7) is 11.7. The van der Waals surface area contributed by atoms with Crippen LogP contribution >= 0.6 is 0 Å². The smallest absolute Gasteiger partial charge is 0.230 e. The molecule has 0 unspecified atom stereocenters. The van der Waals surface area contributed by atoms with Gasteiger partial charge in [0.05, 0.1) is 12.8 Å².